The Morgan fingerprint density at radius 3 is 2.72 bits per heavy atom. The van der Waals surface area contributed by atoms with Crippen molar-refractivity contribution in [3.8, 4) is 6.07 Å². The molecule has 4 heteroatoms. The summed E-state index contributed by atoms with van der Waals surface area (Å²) in [6, 6.07) is 9.08. The molecular formula is C14H13N3O. The average Bonchev–Trinajstić information content (AvgIpc) is 2.34. The summed E-state index contributed by atoms with van der Waals surface area (Å²) in [5.74, 6) is 0. The van der Waals surface area contributed by atoms with Gasteiger partial charge in [-0.2, -0.15) is 10.4 Å². The highest BCUT2D eigenvalue weighted by Gasteiger charge is 2.03. The maximum Gasteiger partial charge on any atom is 0.267 e. The molecule has 0 bridgehead atoms. The van der Waals surface area contributed by atoms with Crippen LogP contribution >= 0.6 is 0 Å². The van der Waals surface area contributed by atoms with E-state index in [2.05, 4.69) is 11.2 Å². The van der Waals surface area contributed by atoms with Crippen LogP contribution in [0.15, 0.2) is 35.3 Å². The maximum atomic E-state index is 11.7. The Balaban J connectivity index is 2.35. The first kappa shape index (κ1) is 12.1. The second-order valence-corrected chi connectivity index (χ2v) is 4.28. The van der Waals surface area contributed by atoms with Crippen molar-refractivity contribution in [2.75, 3.05) is 0 Å². The number of hydrogen-bond donors (Lipinski definition) is 0. The van der Waals surface area contributed by atoms with Gasteiger partial charge in [-0.05, 0) is 42.7 Å². The summed E-state index contributed by atoms with van der Waals surface area (Å²) in [6.45, 7) is 4.19. The fourth-order valence-electron chi connectivity index (χ4n) is 1.75. The summed E-state index contributed by atoms with van der Waals surface area (Å²) in [4.78, 5) is 11.7. The highest BCUT2D eigenvalue weighted by molar-refractivity contribution is 5.37. The molecular weight excluding hydrogens is 226 g/mol. The minimum atomic E-state index is -0.112. The van der Waals surface area contributed by atoms with E-state index in [4.69, 9.17) is 5.26 Å². The lowest BCUT2D eigenvalue weighted by atomic mass is 10.1. The van der Waals surface area contributed by atoms with Crippen molar-refractivity contribution in [1.29, 1.82) is 5.26 Å². The molecule has 0 aliphatic rings. The normalized spacial score (nSPS) is 10.1. The molecule has 4 nitrogen and oxygen atoms in total. The van der Waals surface area contributed by atoms with Crippen LogP contribution in [0.25, 0.3) is 0 Å². The first-order valence-electron chi connectivity index (χ1n) is 5.63. The van der Waals surface area contributed by atoms with Gasteiger partial charge in [0.2, 0.25) is 0 Å². The summed E-state index contributed by atoms with van der Waals surface area (Å²) in [5.41, 5.74) is 3.35. The molecule has 0 aliphatic heterocycles. The van der Waals surface area contributed by atoms with Gasteiger partial charge >= 0.3 is 0 Å². The lowest BCUT2D eigenvalue weighted by molar-refractivity contribution is 0.634. The number of aromatic nitrogens is 2. The molecule has 1 heterocycles. The number of nitriles is 1. The largest absolute Gasteiger partial charge is 0.268 e. The van der Waals surface area contributed by atoms with Gasteiger partial charge in [0.25, 0.3) is 5.56 Å². The minimum absolute atomic E-state index is 0.112. The van der Waals surface area contributed by atoms with E-state index in [-0.39, 0.29) is 5.56 Å². The summed E-state index contributed by atoms with van der Waals surface area (Å²) < 4.78 is 1.42. The van der Waals surface area contributed by atoms with Gasteiger partial charge in [0.1, 0.15) is 0 Å². The van der Waals surface area contributed by atoms with E-state index in [0.29, 0.717) is 12.1 Å². The standard InChI is InChI=1S/C14H13N3O/c1-10-5-14(18)17(16-8-10)9-13-4-3-12(7-15)6-11(13)2/h3-6,8H,9H2,1-2H3. The van der Waals surface area contributed by atoms with Crippen LogP contribution in [0.4, 0.5) is 0 Å². The first-order chi connectivity index (χ1) is 8.60. The molecule has 0 atom stereocenters. The van der Waals surface area contributed by atoms with Gasteiger partial charge in [-0.25, -0.2) is 4.68 Å². The van der Waals surface area contributed by atoms with Crippen LogP contribution in [-0.4, -0.2) is 9.78 Å². The predicted octanol–water partition coefficient (Wildman–Crippen LogP) is 1.78. The molecule has 0 spiro atoms. The van der Waals surface area contributed by atoms with Crippen molar-refractivity contribution in [2.24, 2.45) is 0 Å². The van der Waals surface area contributed by atoms with Crippen LogP contribution < -0.4 is 5.56 Å². The maximum absolute atomic E-state index is 11.7. The fourth-order valence-corrected chi connectivity index (χ4v) is 1.75. The van der Waals surface area contributed by atoms with Gasteiger partial charge in [-0.3, -0.25) is 4.79 Å². The molecule has 90 valence electrons. The predicted molar refractivity (Wildman–Crippen MR) is 68.2 cm³/mol. The third-order valence-electron chi connectivity index (χ3n) is 2.80. The summed E-state index contributed by atoms with van der Waals surface area (Å²) in [7, 11) is 0. The van der Waals surface area contributed by atoms with Crippen LogP contribution in [0.1, 0.15) is 22.3 Å². The van der Waals surface area contributed by atoms with E-state index >= 15 is 0 Å². The molecule has 2 rings (SSSR count). The zero-order valence-corrected chi connectivity index (χ0v) is 10.3. The van der Waals surface area contributed by atoms with Gasteiger partial charge in [-0.1, -0.05) is 6.07 Å². The molecule has 0 unspecified atom stereocenters. The van der Waals surface area contributed by atoms with Crippen LogP contribution in [0.5, 0.6) is 0 Å². The molecule has 0 saturated heterocycles. The summed E-state index contributed by atoms with van der Waals surface area (Å²) in [6.07, 6.45) is 1.67. The molecule has 0 amide bonds. The highest BCUT2D eigenvalue weighted by Crippen LogP contribution is 2.11. The van der Waals surface area contributed by atoms with Crippen LogP contribution in [0, 0.1) is 25.2 Å². The lowest BCUT2D eigenvalue weighted by Gasteiger charge is -2.07. The van der Waals surface area contributed by atoms with Gasteiger partial charge in [0.05, 0.1) is 24.4 Å². The monoisotopic (exact) mass is 239 g/mol. The number of benzene rings is 1. The van der Waals surface area contributed by atoms with E-state index in [9.17, 15) is 4.79 Å². The number of hydrogen-bond acceptors (Lipinski definition) is 3. The van der Waals surface area contributed by atoms with Crippen molar-refractivity contribution in [2.45, 2.75) is 20.4 Å². The Hall–Kier alpha value is -2.41. The Kier molecular flexibility index (Phi) is 3.24. The van der Waals surface area contributed by atoms with Gasteiger partial charge in [0.15, 0.2) is 0 Å². The minimum Gasteiger partial charge on any atom is -0.268 e. The molecule has 0 radical (unpaired) electrons. The van der Waals surface area contributed by atoms with E-state index in [1.54, 1.807) is 18.3 Å². The van der Waals surface area contributed by atoms with Gasteiger partial charge in [0, 0.05) is 6.07 Å². The third kappa shape index (κ3) is 2.46. The molecule has 2 aromatic rings. The van der Waals surface area contributed by atoms with Gasteiger partial charge < -0.3 is 0 Å². The van der Waals surface area contributed by atoms with E-state index in [1.165, 1.54) is 4.68 Å². The van der Waals surface area contributed by atoms with Crippen molar-refractivity contribution in [3.05, 3.63) is 63.1 Å². The summed E-state index contributed by atoms with van der Waals surface area (Å²) in [5, 5.41) is 12.9. The van der Waals surface area contributed by atoms with Gasteiger partial charge in [-0.15, -0.1) is 0 Å². The number of nitrogens with zero attached hydrogens (tertiary/aromatic N) is 3. The summed E-state index contributed by atoms with van der Waals surface area (Å²) >= 11 is 0. The van der Waals surface area contributed by atoms with Crippen LogP contribution in [0.2, 0.25) is 0 Å². The molecule has 0 N–H and O–H groups in total. The van der Waals surface area contributed by atoms with Crippen molar-refractivity contribution in [3.63, 3.8) is 0 Å². The fraction of sp³-hybridized carbons (Fsp3) is 0.214. The zero-order valence-electron chi connectivity index (χ0n) is 10.3. The van der Waals surface area contributed by atoms with E-state index in [1.807, 2.05) is 26.0 Å². The molecule has 18 heavy (non-hydrogen) atoms. The Labute approximate surface area is 105 Å². The molecule has 0 aliphatic carbocycles. The van der Waals surface area contributed by atoms with Crippen molar-refractivity contribution in [1.82, 2.24) is 9.78 Å². The average molecular weight is 239 g/mol. The third-order valence-corrected chi connectivity index (χ3v) is 2.80. The Morgan fingerprint density at radius 1 is 1.33 bits per heavy atom. The Bertz CT molecular complexity index is 680. The molecule has 1 aromatic carbocycles. The smallest absolute Gasteiger partial charge is 0.267 e. The molecule has 1 aromatic heterocycles. The van der Waals surface area contributed by atoms with E-state index < -0.39 is 0 Å². The Morgan fingerprint density at radius 2 is 2.11 bits per heavy atom. The second-order valence-electron chi connectivity index (χ2n) is 4.28. The topological polar surface area (TPSA) is 58.7 Å². The van der Waals surface area contributed by atoms with Crippen LogP contribution in [-0.2, 0) is 6.54 Å². The van der Waals surface area contributed by atoms with Crippen LogP contribution in [0.3, 0.4) is 0 Å². The quantitative estimate of drug-likeness (QED) is 0.802. The van der Waals surface area contributed by atoms with E-state index in [0.717, 1.165) is 16.7 Å². The first-order valence-corrected chi connectivity index (χ1v) is 5.63. The highest BCUT2D eigenvalue weighted by atomic mass is 16.1. The molecule has 0 fully saturated rings. The molecule has 0 saturated carbocycles. The lowest BCUT2D eigenvalue weighted by Crippen LogP contribution is -2.23. The SMILES string of the molecule is Cc1cnn(Cc2ccc(C#N)cc2C)c(=O)c1. The van der Waals surface area contributed by atoms with Crippen molar-refractivity contribution < 1.29 is 0 Å². The number of aryl methyl sites for hydroxylation is 2. The zero-order chi connectivity index (χ0) is 13.1. The second kappa shape index (κ2) is 4.84. The number of rotatable bonds is 2. The van der Waals surface area contributed by atoms with Crippen molar-refractivity contribution >= 4 is 0 Å².